The van der Waals surface area contributed by atoms with E-state index in [-0.39, 0.29) is 17.3 Å². The number of ether oxygens (including phenoxy) is 1. The van der Waals surface area contributed by atoms with Gasteiger partial charge in [-0.3, -0.25) is 4.79 Å². The van der Waals surface area contributed by atoms with Gasteiger partial charge in [-0.2, -0.15) is 0 Å². The standard InChI is InChI=1S/C22H29NO3/c1-14-5-3-4-6-18(14)10-19(20(24)26-2)23-21(25)22-11-15-7-16(12-22)9-17(8-15)13-22/h3-6,15-17,19H,7-13H2,1-2H3,(H,23,25)/t15?,16?,17?,19-,22?/m1/s1. The number of hydrogen-bond acceptors (Lipinski definition) is 3. The fourth-order valence-corrected chi connectivity index (χ4v) is 6.09. The topological polar surface area (TPSA) is 55.4 Å². The minimum atomic E-state index is -0.610. The maximum atomic E-state index is 13.3. The maximum Gasteiger partial charge on any atom is 0.328 e. The zero-order valence-corrected chi connectivity index (χ0v) is 15.8. The van der Waals surface area contributed by atoms with E-state index in [4.69, 9.17) is 4.74 Å². The summed E-state index contributed by atoms with van der Waals surface area (Å²) < 4.78 is 4.99. The van der Waals surface area contributed by atoms with Gasteiger partial charge in [0.05, 0.1) is 7.11 Å². The lowest BCUT2D eigenvalue weighted by Gasteiger charge is -2.55. The van der Waals surface area contributed by atoms with Crippen molar-refractivity contribution in [2.75, 3.05) is 7.11 Å². The molecule has 4 saturated carbocycles. The molecule has 5 rings (SSSR count). The van der Waals surface area contributed by atoms with Crippen LogP contribution in [0.2, 0.25) is 0 Å². The van der Waals surface area contributed by atoms with Crippen LogP contribution in [0.15, 0.2) is 24.3 Å². The second-order valence-corrected chi connectivity index (χ2v) is 8.88. The first-order chi connectivity index (χ1) is 12.5. The monoisotopic (exact) mass is 355 g/mol. The fourth-order valence-electron chi connectivity index (χ4n) is 6.09. The number of carbonyl (C=O) groups excluding carboxylic acids is 2. The predicted octanol–water partition coefficient (Wildman–Crippen LogP) is 3.41. The third kappa shape index (κ3) is 3.15. The van der Waals surface area contributed by atoms with E-state index in [0.717, 1.165) is 30.4 Å². The molecule has 4 heteroatoms. The molecule has 1 aromatic rings. The van der Waals surface area contributed by atoms with Crippen LogP contribution in [-0.4, -0.2) is 25.0 Å². The summed E-state index contributed by atoms with van der Waals surface area (Å²) in [5, 5.41) is 3.09. The first-order valence-corrected chi connectivity index (χ1v) is 9.92. The van der Waals surface area contributed by atoms with Gasteiger partial charge in [0.25, 0.3) is 0 Å². The molecule has 0 unspecified atom stereocenters. The zero-order chi connectivity index (χ0) is 18.3. The van der Waals surface area contributed by atoms with Gasteiger partial charge in [0.2, 0.25) is 5.91 Å². The predicted molar refractivity (Wildman–Crippen MR) is 99.4 cm³/mol. The Labute approximate surface area is 155 Å². The number of nitrogens with one attached hydrogen (secondary N) is 1. The highest BCUT2D eigenvalue weighted by Gasteiger charge is 2.55. The van der Waals surface area contributed by atoms with Gasteiger partial charge in [-0.15, -0.1) is 0 Å². The van der Waals surface area contributed by atoms with E-state index < -0.39 is 6.04 Å². The summed E-state index contributed by atoms with van der Waals surface area (Å²) >= 11 is 0. The lowest BCUT2D eigenvalue weighted by atomic mass is 9.49. The minimum Gasteiger partial charge on any atom is -0.467 e. The molecule has 0 saturated heterocycles. The summed E-state index contributed by atoms with van der Waals surface area (Å²) in [6.45, 7) is 2.03. The van der Waals surface area contributed by atoms with Crippen molar-refractivity contribution in [3.63, 3.8) is 0 Å². The highest BCUT2D eigenvalue weighted by atomic mass is 16.5. The third-order valence-electron chi connectivity index (χ3n) is 7.00. The molecule has 1 atom stereocenters. The van der Waals surface area contributed by atoms with Crippen LogP contribution >= 0.6 is 0 Å². The summed E-state index contributed by atoms with van der Waals surface area (Å²) in [6, 6.07) is 7.39. The van der Waals surface area contributed by atoms with E-state index >= 15 is 0 Å². The van der Waals surface area contributed by atoms with Crippen LogP contribution in [0.5, 0.6) is 0 Å². The van der Waals surface area contributed by atoms with Crippen molar-refractivity contribution in [1.82, 2.24) is 5.32 Å². The van der Waals surface area contributed by atoms with Crippen LogP contribution in [0.3, 0.4) is 0 Å². The quantitative estimate of drug-likeness (QED) is 0.824. The molecule has 0 radical (unpaired) electrons. The number of hydrogen-bond donors (Lipinski definition) is 1. The van der Waals surface area contributed by atoms with Gasteiger partial charge < -0.3 is 10.1 Å². The Morgan fingerprint density at radius 1 is 1.12 bits per heavy atom. The summed E-state index contributed by atoms with van der Waals surface area (Å²) in [6.07, 6.45) is 7.40. The number of aryl methyl sites for hydroxylation is 1. The summed E-state index contributed by atoms with van der Waals surface area (Å²) in [5.74, 6) is 1.85. The number of amides is 1. The largest absolute Gasteiger partial charge is 0.467 e. The van der Waals surface area contributed by atoms with Crippen molar-refractivity contribution in [3.8, 4) is 0 Å². The molecule has 0 aliphatic heterocycles. The molecule has 4 aliphatic rings. The molecule has 4 bridgehead atoms. The van der Waals surface area contributed by atoms with Crippen LogP contribution in [0.4, 0.5) is 0 Å². The molecular formula is C22H29NO3. The Balaban J connectivity index is 1.51. The number of esters is 1. The van der Waals surface area contributed by atoms with Crippen LogP contribution in [0.1, 0.15) is 49.7 Å². The number of carbonyl (C=O) groups is 2. The van der Waals surface area contributed by atoms with Crippen molar-refractivity contribution in [2.24, 2.45) is 23.2 Å². The zero-order valence-electron chi connectivity index (χ0n) is 15.8. The third-order valence-corrected chi connectivity index (χ3v) is 7.00. The van der Waals surface area contributed by atoms with Crippen LogP contribution in [0.25, 0.3) is 0 Å². The van der Waals surface area contributed by atoms with E-state index in [1.807, 2.05) is 31.2 Å². The van der Waals surface area contributed by atoms with Crippen molar-refractivity contribution in [2.45, 2.75) is 57.9 Å². The average molecular weight is 355 g/mol. The smallest absolute Gasteiger partial charge is 0.328 e. The molecule has 1 aromatic carbocycles. The Hall–Kier alpha value is -1.84. The van der Waals surface area contributed by atoms with Crippen LogP contribution in [0, 0.1) is 30.1 Å². The van der Waals surface area contributed by atoms with Gasteiger partial charge in [0.15, 0.2) is 0 Å². The van der Waals surface area contributed by atoms with Crippen LogP contribution in [-0.2, 0) is 20.7 Å². The molecule has 1 amide bonds. The Kier molecular flexibility index (Phi) is 4.54. The van der Waals surface area contributed by atoms with Gasteiger partial charge in [0, 0.05) is 11.8 Å². The van der Waals surface area contributed by atoms with Gasteiger partial charge in [-0.1, -0.05) is 24.3 Å². The second-order valence-electron chi connectivity index (χ2n) is 8.88. The van der Waals surface area contributed by atoms with Crippen molar-refractivity contribution in [1.29, 1.82) is 0 Å². The first-order valence-electron chi connectivity index (χ1n) is 9.92. The molecule has 1 N–H and O–H groups in total. The van der Waals surface area contributed by atoms with Gasteiger partial charge in [-0.25, -0.2) is 4.79 Å². The summed E-state index contributed by atoms with van der Waals surface area (Å²) in [4.78, 5) is 25.6. The van der Waals surface area contributed by atoms with Crippen LogP contribution < -0.4 is 5.32 Å². The van der Waals surface area contributed by atoms with E-state index in [2.05, 4.69) is 5.32 Å². The first kappa shape index (κ1) is 17.6. The summed E-state index contributed by atoms with van der Waals surface area (Å²) in [5.41, 5.74) is 1.96. The fraction of sp³-hybridized carbons (Fsp3) is 0.636. The van der Waals surface area contributed by atoms with Crippen molar-refractivity contribution >= 4 is 11.9 Å². The van der Waals surface area contributed by atoms with Gasteiger partial charge >= 0.3 is 5.97 Å². The Morgan fingerprint density at radius 3 is 2.23 bits per heavy atom. The molecule has 4 nitrogen and oxygen atoms in total. The number of methoxy groups -OCH3 is 1. The molecule has 4 fully saturated rings. The number of rotatable bonds is 5. The summed E-state index contributed by atoms with van der Waals surface area (Å²) in [7, 11) is 1.39. The normalized spacial score (nSPS) is 32.9. The van der Waals surface area contributed by atoms with Gasteiger partial charge in [-0.05, 0) is 74.3 Å². The SMILES string of the molecule is COC(=O)[C@@H](Cc1ccccc1C)NC(=O)C12CC3CC(CC(C3)C1)C2. The average Bonchev–Trinajstić information content (AvgIpc) is 2.61. The maximum absolute atomic E-state index is 13.3. The Bertz CT molecular complexity index is 676. The molecule has 140 valence electrons. The molecule has 0 spiro atoms. The van der Waals surface area contributed by atoms with Gasteiger partial charge in [0.1, 0.15) is 6.04 Å². The molecule has 0 heterocycles. The number of benzene rings is 1. The minimum absolute atomic E-state index is 0.0839. The highest BCUT2D eigenvalue weighted by Crippen LogP contribution is 2.60. The van der Waals surface area contributed by atoms with E-state index in [0.29, 0.717) is 24.2 Å². The Morgan fingerprint density at radius 2 is 1.69 bits per heavy atom. The highest BCUT2D eigenvalue weighted by molar-refractivity contribution is 5.88. The van der Waals surface area contributed by atoms with E-state index in [9.17, 15) is 9.59 Å². The van der Waals surface area contributed by atoms with Crippen molar-refractivity contribution in [3.05, 3.63) is 35.4 Å². The van der Waals surface area contributed by atoms with E-state index in [1.54, 1.807) is 0 Å². The lowest BCUT2D eigenvalue weighted by Crippen LogP contribution is -2.56. The van der Waals surface area contributed by atoms with Crippen molar-refractivity contribution < 1.29 is 14.3 Å². The molecule has 26 heavy (non-hydrogen) atoms. The van der Waals surface area contributed by atoms with E-state index in [1.165, 1.54) is 26.4 Å². The second kappa shape index (κ2) is 6.71. The lowest BCUT2D eigenvalue weighted by molar-refractivity contribution is -0.152. The molecular weight excluding hydrogens is 326 g/mol. The molecule has 4 aliphatic carbocycles. The molecule has 0 aromatic heterocycles.